The van der Waals surface area contributed by atoms with Gasteiger partial charge in [-0.05, 0) is 68.2 Å². The maximum Gasteiger partial charge on any atom is 0.301 e. The van der Waals surface area contributed by atoms with E-state index in [-0.39, 0.29) is 28.4 Å². The van der Waals surface area contributed by atoms with E-state index >= 15 is 4.39 Å². The van der Waals surface area contributed by atoms with Crippen molar-refractivity contribution in [2.24, 2.45) is 0 Å². The zero-order valence-corrected chi connectivity index (χ0v) is 18.7. The summed E-state index contributed by atoms with van der Waals surface area (Å²) in [5, 5.41) is 2.57. The molecule has 1 aliphatic heterocycles. The van der Waals surface area contributed by atoms with Gasteiger partial charge in [-0.15, -0.1) is 4.98 Å². The molecular formula is C23H17FN6O3S. The van der Waals surface area contributed by atoms with Gasteiger partial charge >= 0.3 is 6.01 Å². The number of aromatic nitrogens is 2. The first-order valence-electron chi connectivity index (χ1n) is 10.4. The van der Waals surface area contributed by atoms with Crippen molar-refractivity contribution in [2.45, 2.75) is 31.7 Å². The molecule has 1 aliphatic carbocycles. The first-order valence-corrected chi connectivity index (χ1v) is 10.8. The van der Waals surface area contributed by atoms with E-state index < -0.39 is 17.3 Å². The number of thiocarbonyl (C=S) groups is 1. The van der Waals surface area contributed by atoms with Crippen molar-refractivity contribution in [1.29, 1.82) is 0 Å². The third-order valence-corrected chi connectivity index (χ3v) is 6.47. The largest absolute Gasteiger partial charge is 0.432 e. The van der Waals surface area contributed by atoms with Crippen LogP contribution in [0, 0.1) is 19.3 Å². The molecule has 170 valence electrons. The van der Waals surface area contributed by atoms with Crippen LogP contribution in [0.2, 0.25) is 0 Å². The third kappa shape index (κ3) is 3.22. The van der Waals surface area contributed by atoms with Gasteiger partial charge in [-0.25, -0.2) is 9.37 Å². The summed E-state index contributed by atoms with van der Waals surface area (Å²) >= 11 is 5.68. The van der Waals surface area contributed by atoms with Crippen LogP contribution >= 0.6 is 12.2 Å². The zero-order chi connectivity index (χ0) is 24.0. The molecule has 11 heteroatoms. The first kappa shape index (κ1) is 21.7. The lowest BCUT2D eigenvalue weighted by Gasteiger charge is -2.43. The number of anilines is 3. The molecule has 9 nitrogen and oxygen atoms in total. The molecule has 1 N–H and O–H groups in total. The molecule has 2 aromatic heterocycles. The van der Waals surface area contributed by atoms with Gasteiger partial charge < -0.3 is 14.2 Å². The number of aryl methyl sites for hydroxylation is 1. The van der Waals surface area contributed by atoms with Gasteiger partial charge in [0, 0.05) is 5.69 Å². The van der Waals surface area contributed by atoms with E-state index in [1.807, 2.05) is 0 Å². The highest BCUT2D eigenvalue weighted by Crippen LogP contribution is 2.48. The van der Waals surface area contributed by atoms with Crippen LogP contribution in [-0.4, -0.2) is 32.4 Å². The molecule has 0 atom stereocenters. The molecule has 0 bridgehead atoms. The summed E-state index contributed by atoms with van der Waals surface area (Å²) in [5.74, 6) is -1.46. The van der Waals surface area contributed by atoms with Gasteiger partial charge in [-0.3, -0.25) is 19.8 Å². The van der Waals surface area contributed by atoms with E-state index in [4.69, 9.17) is 23.2 Å². The van der Waals surface area contributed by atoms with Crippen molar-refractivity contribution < 1.29 is 18.4 Å². The summed E-state index contributed by atoms with van der Waals surface area (Å²) in [6.45, 7) is 8.93. The molecule has 2 fully saturated rings. The molecule has 1 aromatic carbocycles. The fraction of sp³-hybridized carbons (Fsp3) is 0.217. The van der Waals surface area contributed by atoms with Crippen molar-refractivity contribution in [3.8, 4) is 0 Å². The van der Waals surface area contributed by atoms with E-state index in [0.29, 0.717) is 29.8 Å². The summed E-state index contributed by atoms with van der Waals surface area (Å²) in [6, 6.07) is 5.73. The molecule has 1 spiro atoms. The Balaban J connectivity index is 1.49. The average Bonchev–Trinajstić information content (AvgIpc) is 3.36. The average molecular weight is 476 g/mol. The summed E-state index contributed by atoms with van der Waals surface area (Å²) in [7, 11) is 0. The van der Waals surface area contributed by atoms with Gasteiger partial charge in [-0.2, -0.15) is 0 Å². The van der Waals surface area contributed by atoms with Gasteiger partial charge in [0.1, 0.15) is 23.8 Å². The van der Waals surface area contributed by atoms with E-state index in [2.05, 4.69) is 20.1 Å². The van der Waals surface area contributed by atoms with E-state index in [0.717, 1.165) is 6.42 Å². The lowest BCUT2D eigenvalue weighted by atomic mass is 9.75. The number of carbonyl (C=O) groups excluding carboxylic acids is 2. The highest BCUT2D eigenvalue weighted by atomic mass is 32.1. The quantitative estimate of drug-likeness (QED) is 0.441. The topological polar surface area (TPSA) is 95.9 Å². The number of hydrogen-bond acceptors (Lipinski definition) is 6. The Bertz CT molecular complexity index is 1380. The molecular weight excluding hydrogens is 459 g/mol. The molecule has 0 radical (unpaired) electrons. The van der Waals surface area contributed by atoms with Crippen molar-refractivity contribution in [3.05, 3.63) is 71.3 Å². The molecule has 1 saturated heterocycles. The van der Waals surface area contributed by atoms with Crippen molar-refractivity contribution in [1.82, 2.24) is 9.97 Å². The van der Waals surface area contributed by atoms with Gasteiger partial charge in [0.15, 0.2) is 5.11 Å². The maximum absolute atomic E-state index is 15.0. The second kappa shape index (κ2) is 8.00. The Kier molecular flexibility index (Phi) is 5.10. The molecule has 5 rings (SSSR count). The number of benzene rings is 1. The number of nitrogens with zero attached hydrogens (tertiary/aromatic N) is 5. The Morgan fingerprint density at radius 2 is 2.09 bits per heavy atom. The van der Waals surface area contributed by atoms with Crippen LogP contribution < -0.4 is 15.1 Å². The standard InChI is InChI=1S/C23H17FN6O3S/c1-13-10-15(12-27-18(13)25-2)29-20(32)23(6-3-7-23)30(22(29)34)14-4-5-16(17(24)11-14)19(31)28-21-26-8-9-33-21/h4-5,8-12H,3,6-7H2,1H3,(H,26,28,31). The molecule has 0 unspecified atom stereocenters. The first-order chi connectivity index (χ1) is 16.4. The zero-order valence-electron chi connectivity index (χ0n) is 17.9. The number of halogens is 1. The number of hydrogen-bond donors (Lipinski definition) is 1. The normalized spacial score (nSPS) is 16.5. The Labute approximate surface area is 199 Å². The highest BCUT2D eigenvalue weighted by molar-refractivity contribution is 7.81. The van der Waals surface area contributed by atoms with Gasteiger partial charge in [-0.1, -0.05) is 6.57 Å². The number of oxazole rings is 1. The molecule has 3 heterocycles. The molecule has 2 amide bonds. The highest BCUT2D eigenvalue weighted by Gasteiger charge is 2.59. The molecule has 2 aliphatic rings. The number of carbonyl (C=O) groups is 2. The predicted molar refractivity (Wildman–Crippen MR) is 125 cm³/mol. The van der Waals surface area contributed by atoms with Crippen molar-refractivity contribution in [2.75, 3.05) is 15.1 Å². The van der Waals surface area contributed by atoms with Gasteiger partial charge in [0.05, 0.1) is 17.4 Å². The van der Waals surface area contributed by atoms with Crippen LogP contribution in [0.1, 0.15) is 35.2 Å². The van der Waals surface area contributed by atoms with Crippen LogP contribution in [0.25, 0.3) is 4.85 Å². The summed E-state index contributed by atoms with van der Waals surface area (Å²) in [4.78, 5) is 40.3. The minimum absolute atomic E-state index is 0.0444. The summed E-state index contributed by atoms with van der Waals surface area (Å²) in [5.41, 5.74) is 0.325. The number of amides is 2. The van der Waals surface area contributed by atoms with E-state index in [1.165, 1.54) is 35.7 Å². The van der Waals surface area contributed by atoms with E-state index in [1.54, 1.807) is 24.0 Å². The van der Waals surface area contributed by atoms with Crippen LogP contribution in [0.4, 0.5) is 27.6 Å². The second-order valence-electron chi connectivity index (χ2n) is 8.05. The van der Waals surface area contributed by atoms with Crippen LogP contribution in [0.3, 0.4) is 0 Å². The number of nitrogens with one attached hydrogen (secondary N) is 1. The lowest BCUT2D eigenvalue weighted by molar-refractivity contribution is -0.123. The predicted octanol–water partition coefficient (Wildman–Crippen LogP) is 4.38. The fourth-order valence-corrected chi connectivity index (χ4v) is 4.75. The van der Waals surface area contributed by atoms with E-state index in [9.17, 15) is 9.59 Å². The van der Waals surface area contributed by atoms with Crippen LogP contribution in [-0.2, 0) is 4.79 Å². The van der Waals surface area contributed by atoms with Crippen molar-refractivity contribution >= 4 is 52.4 Å². The minimum Gasteiger partial charge on any atom is -0.432 e. The monoisotopic (exact) mass is 476 g/mol. The maximum atomic E-state index is 15.0. The Morgan fingerprint density at radius 3 is 2.68 bits per heavy atom. The van der Waals surface area contributed by atoms with Crippen molar-refractivity contribution in [3.63, 3.8) is 0 Å². The minimum atomic E-state index is -0.919. The Hall–Kier alpha value is -4.17. The summed E-state index contributed by atoms with van der Waals surface area (Å²) in [6.07, 6.45) is 6.03. The molecule has 3 aromatic rings. The van der Waals surface area contributed by atoms with Gasteiger partial charge in [0.2, 0.25) is 0 Å². The SMILES string of the molecule is [C-]#[N+]c1ncc(N2C(=O)C3(CCC3)N(c3ccc(C(=O)Nc4ncco4)c(F)c3)C2=S)cc1C. The lowest BCUT2D eigenvalue weighted by Crippen LogP contribution is -2.55. The van der Waals surface area contributed by atoms with Crippen LogP contribution in [0.5, 0.6) is 0 Å². The molecule has 34 heavy (non-hydrogen) atoms. The van der Waals surface area contributed by atoms with Crippen LogP contribution in [0.15, 0.2) is 47.3 Å². The third-order valence-electron chi connectivity index (χ3n) is 6.10. The second-order valence-corrected chi connectivity index (χ2v) is 8.41. The smallest absolute Gasteiger partial charge is 0.301 e. The summed E-state index contributed by atoms with van der Waals surface area (Å²) < 4.78 is 20.0. The Morgan fingerprint density at radius 1 is 1.29 bits per heavy atom. The molecule has 1 saturated carbocycles. The number of rotatable bonds is 4. The fourth-order valence-electron chi connectivity index (χ4n) is 4.28. The van der Waals surface area contributed by atoms with Gasteiger partial charge in [0.25, 0.3) is 17.6 Å². The number of pyridine rings is 1.